The van der Waals surface area contributed by atoms with Gasteiger partial charge >= 0.3 is 11.9 Å². The zero-order valence-electron chi connectivity index (χ0n) is 23.1. The zero-order valence-corrected chi connectivity index (χ0v) is 23.1. The van der Waals surface area contributed by atoms with Crippen LogP contribution in [0.1, 0.15) is 86.1 Å². The van der Waals surface area contributed by atoms with Crippen LogP contribution in [0.15, 0.2) is 56.6 Å². The standard InChI is InChI=1S/C26H42O4.2C2H4/c1-9-26(8,24(28)30-18-25(5,6)7)16-22(23(27)29-17-19(2)3)15-20(4)21-13-11-10-12-14-21;2*1-2/h10-14,19-20,22H,9,15-18H2,1-8H3;2*1-2H2. The van der Waals surface area contributed by atoms with Crippen LogP contribution < -0.4 is 0 Å². The van der Waals surface area contributed by atoms with E-state index in [9.17, 15) is 9.59 Å². The number of benzene rings is 1. The van der Waals surface area contributed by atoms with Crippen molar-refractivity contribution in [2.24, 2.45) is 22.7 Å². The summed E-state index contributed by atoms with van der Waals surface area (Å²) >= 11 is 0. The molecule has 0 bridgehead atoms. The average Bonchev–Trinajstić information content (AvgIpc) is 2.82. The van der Waals surface area contributed by atoms with E-state index in [-0.39, 0.29) is 35.1 Å². The van der Waals surface area contributed by atoms with E-state index >= 15 is 0 Å². The van der Waals surface area contributed by atoms with Gasteiger partial charge in [-0.05, 0) is 49.0 Å². The molecule has 1 aromatic carbocycles. The molecule has 4 nitrogen and oxygen atoms in total. The summed E-state index contributed by atoms with van der Waals surface area (Å²) in [5.74, 6) is -0.334. The van der Waals surface area contributed by atoms with Gasteiger partial charge in [0.2, 0.25) is 0 Å². The Morgan fingerprint density at radius 3 is 1.88 bits per heavy atom. The summed E-state index contributed by atoms with van der Waals surface area (Å²) in [6.07, 6.45) is 1.69. The maximum atomic E-state index is 13.0. The van der Waals surface area contributed by atoms with Gasteiger partial charge in [0, 0.05) is 0 Å². The molecule has 3 unspecified atom stereocenters. The van der Waals surface area contributed by atoms with E-state index in [1.807, 2.05) is 66.7 Å². The molecule has 0 aliphatic rings. The maximum Gasteiger partial charge on any atom is 0.311 e. The van der Waals surface area contributed by atoms with Gasteiger partial charge in [0.25, 0.3) is 0 Å². The molecule has 194 valence electrons. The van der Waals surface area contributed by atoms with Gasteiger partial charge in [-0.25, -0.2) is 0 Å². The summed E-state index contributed by atoms with van der Waals surface area (Å²) in [6, 6.07) is 10.2. The fourth-order valence-electron chi connectivity index (χ4n) is 3.35. The molecule has 0 saturated carbocycles. The number of esters is 2. The van der Waals surface area contributed by atoms with Gasteiger partial charge in [0.15, 0.2) is 0 Å². The van der Waals surface area contributed by atoms with Crippen LogP contribution in [-0.4, -0.2) is 25.2 Å². The van der Waals surface area contributed by atoms with Crippen molar-refractivity contribution in [3.05, 3.63) is 62.2 Å². The summed E-state index contributed by atoms with van der Waals surface area (Å²) in [5.41, 5.74) is 0.373. The Hall–Kier alpha value is -2.36. The van der Waals surface area contributed by atoms with Crippen LogP contribution in [0.25, 0.3) is 0 Å². The second kappa shape index (κ2) is 17.1. The lowest BCUT2D eigenvalue weighted by Crippen LogP contribution is -2.36. The van der Waals surface area contributed by atoms with Crippen molar-refractivity contribution in [2.75, 3.05) is 13.2 Å². The minimum atomic E-state index is -0.719. The first kappa shape index (κ1) is 33.8. The number of hydrogen-bond acceptors (Lipinski definition) is 4. The Morgan fingerprint density at radius 1 is 0.912 bits per heavy atom. The quantitative estimate of drug-likeness (QED) is 0.241. The molecule has 1 rings (SSSR count). The van der Waals surface area contributed by atoms with E-state index in [1.54, 1.807) is 0 Å². The summed E-state index contributed by atoms with van der Waals surface area (Å²) in [7, 11) is 0. The molecule has 4 heteroatoms. The Kier molecular flexibility index (Phi) is 17.0. The van der Waals surface area contributed by atoms with E-state index in [1.165, 1.54) is 5.56 Å². The van der Waals surface area contributed by atoms with E-state index in [2.05, 4.69) is 45.4 Å². The minimum absolute atomic E-state index is 0.0955. The van der Waals surface area contributed by atoms with Gasteiger partial charge < -0.3 is 9.47 Å². The highest BCUT2D eigenvalue weighted by molar-refractivity contribution is 5.78. The Balaban J connectivity index is 0. The molecule has 0 heterocycles. The van der Waals surface area contributed by atoms with Crippen molar-refractivity contribution in [3.8, 4) is 0 Å². The van der Waals surface area contributed by atoms with Crippen LogP contribution in [0.4, 0.5) is 0 Å². The predicted octanol–water partition coefficient (Wildman–Crippen LogP) is 8.00. The van der Waals surface area contributed by atoms with Gasteiger partial charge in [0.1, 0.15) is 0 Å². The fourth-order valence-corrected chi connectivity index (χ4v) is 3.35. The van der Waals surface area contributed by atoms with Crippen molar-refractivity contribution in [1.29, 1.82) is 0 Å². The first-order chi connectivity index (χ1) is 15.9. The molecule has 0 radical (unpaired) electrons. The van der Waals surface area contributed by atoms with Crippen LogP contribution >= 0.6 is 0 Å². The lowest BCUT2D eigenvalue weighted by Gasteiger charge is -2.32. The second-order valence-corrected chi connectivity index (χ2v) is 10.5. The number of carbonyl (C=O) groups excluding carboxylic acids is 2. The molecule has 0 saturated heterocycles. The highest BCUT2D eigenvalue weighted by Gasteiger charge is 2.39. The number of carbonyl (C=O) groups is 2. The molecular weight excluding hydrogens is 424 g/mol. The van der Waals surface area contributed by atoms with E-state index in [0.717, 1.165) is 0 Å². The number of rotatable bonds is 11. The van der Waals surface area contributed by atoms with Crippen molar-refractivity contribution in [2.45, 2.75) is 80.6 Å². The third-order valence-corrected chi connectivity index (χ3v) is 5.51. The van der Waals surface area contributed by atoms with Crippen molar-refractivity contribution in [1.82, 2.24) is 0 Å². The number of hydrogen-bond donors (Lipinski definition) is 0. The lowest BCUT2D eigenvalue weighted by molar-refractivity contribution is -0.161. The first-order valence-electron chi connectivity index (χ1n) is 12.3. The third kappa shape index (κ3) is 13.4. The molecule has 1 aromatic rings. The van der Waals surface area contributed by atoms with Gasteiger partial charge in [-0.3, -0.25) is 9.59 Å². The molecule has 0 aromatic heterocycles. The van der Waals surface area contributed by atoms with Crippen LogP contribution in [-0.2, 0) is 19.1 Å². The molecule has 0 amide bonds. The predicted molar refractivity (Wildman–Crippen MR) is 145 cm³/mol. The smallest absolute Gasteiger partial charge is 0.311 e. The molecule has 0 N–H and O–H groups in total. The summed E-state index contributed by atoms with van der Waals surface area (Å²) in [5, 5.41) is 0. The number of ether oxygens (including phenoxy) is 2. The van der Waals surface area contributed by atoms with Crippen molar-refractivity contribution >= 4 is 11.9 Å². The van der Waals surface area contributed by atoms with Gasteiger partial charge in [-0.2, -0.15) is 0 Å². The highest BCUT2D eigenvalue weighted by atomic mass is 16.5. The molecular formula is C30H50O4. The SMILES string of the molecule is C=C.C=C.CCC(C)(CC(CC(C)c1ccccc1)C(=O)OCC(C)C)C(=O)OCC(C)(C)C. The van der Waals surface area contributed by atoms with Crippen LogP contribution in [0.5, 0.6) is 0 Å². The van der Waals surface area contributed by atoms with Crippen molar-refractivity contribution in [3.63, 3.8) is 0 Å². The molecule has 34 heavy (non-hydrogen) atoms. The highest BCUT2D eigenvalue weighted by Crippen LogP contribution is 2.37. The fraction of sp³-hybridized carbons (Fsp3) is 0.600. The molecule has 3 atom stereocenters. The van der Waals surface area contributed by atoms with Gasteiger partial charge in [-0.15, -0.1) is 26.3 Å². The lowest BCUT2D eigenvalue weighted by atomic mass is 9.75. The maximum absolute atomic E-state index is 13.0. The molecule has 0 fully saturated rings. The topological polar surface area (TPSA) is 52.6 Å². The molecule has 0 spiro atoms. The zero-order chi connectivity index (χ0) is 26.9. The largest absolute Gasteiger partial charge is 0.465 e. The van der Waals surface area contributed by atoms with Gasteiger partial charge in [-0.1, -0.05) is 78.8 Å². The molecule has 0 aliphatic heterocycles. The van der Waals surface area contributed by atoms with Crippen molar-refractivity contribution < 1.29 is 19.1 Å². The van der Waals surface area contributed by atoms with E-state index in [0.29, 0.717) is 32.5 Å². The van der Waals surface area contributed by atoms with Gasteiger partial charge in [0.05, 0.1) is 24.5 Å². The average molecular weight is 475 g/mol. The second-order valence-electron chi connectivity index (χ2n) is 10.5. The Bertz CT molecular complexity index is 688. The Morgan fingerprint density at radius 2 is 1.44 bits per heavy atom. The summed E-state index contributed by atoms with van der Waals surface area (Å²) in [6.45, 7) is 28.9. The first-order valence-corrected chi connectivity index (χ1v) is 12.3. The monoisotopic (exact) mass is 474 g/mol. The summed E-state index contributed by atoms with van der Waals surface area (Å²) in [4.78, 5) is 25.9. The van der Waals surface area contributed by atoms with Crippen LogP contribution in [0.2, 0.25) is 0 Å². The van der Waals surface area contributed by atoms with Crippen LogP contribution in [0, 0.1) is 22.7 Å². The van der Waals surface area contributed by atoms with E-state index in [4.69, 9.17) is 9.47 Å². The van der Waals surface area contributed by atoms with Crippen LogP contribution in [0.3, 0.4) is 0 Å². The normalized spacial score (nSPS) is 14.3. The van der Waals surface area contributed by atoms with E-state index < -0.39 is 5.41 Å². The molecule has 0 aliphatic carbocycles. The third-order valence-electron chi connectivity index (χ3n) is 5.51. The minimum Gasteiger partial charge on any atom is -0.465 e. The summed E-state index contributed by atoms with van der Waals surface area (Å²) < 4.78 is 11.2. The Labute approximate surface area is 209 Å².